The van der Waals surface area contributed by atoms with E-state index in [-0.39, 0.29) is 24.8 Å². The highest BCUT2D eigenvalue weighted by molar-refractivity contribution is 7.43. The van der Waals surface area contributed by atoms with Crippen LogP contribution < -0.4 is 21.5 Å². The Kier molecular flexibility index (Phi) is 12.2. The Labute approximate surface area is 299 Å². The molecule has 1 aliphatic heterocycles. The summed E-state index contributed by atoms with van der Waals surface area (Å²) in [6.07, 6.45) is -3.51. The van der Waals surface area contributed by atoms with E-state index in [4.69, 9.17) is 19.7 Å². The molecule has 0 amide bonds. The fraction of sp³-hybridized carbons (Fsp3) is 0.395. The molecule has 0 saturated carbocycles. The fourth-order valence-corrected chi connectivity index (χ4v) is 8.40. The number of aromatic nitrogens is 2. The van der Waals surface area contributed by atoms with E-state index < -0.39 is 49.9 Å². The van der Waals surface area contributed by atoms with Crippen molar-refractivity contribution in [3.05, 3.63) is 124 Å². The van der Waals surface area contributed by atoms with Crippen LogP contribution in [-0.4, -0.2) is 62.7 Å². The number of nitrogens with two attached hydrogens (primary N) is 1. The molecule has 0 spiro atoms. The Morgan fingerprint density at radius 3 is 2.18 bits per heavy atom. The zero-order valence-corrected chi connectivity index (χ0v) is 30.4. The smallest absolute Gasteiger partial charge is 0.351 e. The van der Waals surface area contributed by atoms with Gasteiger partial charge in [0.05, 0.1) is 18.7 Å². The molecule has 11 nitrogen and oxygen atoms in total. The minimum Gasteiger partial charge on any atom is -0.497 e. The van der Waals surface area contributed by atoms with Crippen molar-refractivity contribution in [3.8, 4) is 11.8 Å². The number of anilines is 1. The number of nitrogens with zero attached hydrogens (tertiary/aromatic N) is 4. The fourth-order valence-electron chi connectivity index (χ4n) is 6.87. The van der Waals surface area contributed by atoms with Gasteiger partial charge in [-0.3, -0.25) is 9.88 Å². The first kappa shape index (κ1) is 38.0. The topological polar surface area (TPSA) is 148 Å². The zero-order valence-electron chi connectivity index (χ0n) is 29.5. The van der Waals surface area contributed by atoms with Gasteiger partial charge in [-0.05, 0) is 69.0 Å². The van der Waals surface area contributed by atoms with E-state index in [0.29, 0.717) is 12.2 Å². The van der Waals surface area contributed by atoms with Crippen LogP contribution in [0.5, 0.6) is 5.75 Å². The van der Waals surface area contributed by atoms with Crippen molar-refractivity contribution >= 4 is 14.3 Å². The standard InChI is InChI=1S/C38H46FN6O5P/c1-26(2)45(37(3,4)22-12-23-40)51(47)50-34-31(49-35(33(34)39)44-24-21-32(41)43-36(44)46)25-42-38(27-13-8-6-9-14-27,28-15-10-7-11-16-28)29-17-19-30(48-5)20-18-29/h6-11,13-21,24,26,31,33-35,42,47H,12,22,25H2,1-5H3,(H2,41,43,46)/t31-,33-,34-,35-,51?/m1/s1. The van der Waals surface area contributed by atoms with Crippen molar-refractivity contribution in [1.82, 2.24) is 19.5 Å². The van der Waals surface area contributed by atoms with Crippen LogP contribution in [0.4, 0.5) is 10.2 Å². The third kappa shape index (κ3) is 8.15. The number of rotatable bonds is 15. The van der Waals surface area contributed by atoms with Gasteiger partial charge in [-0.25, -0.2) is 13.9 Å². The van der Waals surface area contributed by atoms with Gasteiger partial charge < -0.3 is 24.6 Å². The van der Waals surface area contributed by atoms with Gasteiger partial charge in [0.2, 0.25) is 0 Å². The quantitative estimate of drug-likeness (QED) is 0.0982. The number of ether oxygens (including phenoxy) is 2. The van der Waals surface area contributed by atoms with Gasteiger partial charge >= 0.3 is 5.69 Å². The first-order chi connectivity index (χ1) is 24.4. The summed E-state index contributed by atoms with van der Waals surface area (Å²) in [6.45, 7) is 7.69. The van der Waals surface area contributed by atoms with E-state index in [9.17, 15) is 14.9 Å². The molecule has 0 bridgehead atoms. The Morgan fingerprint density at radius 1 is 1.06 bits per heavy atom. The first-order valence-corrected chi connectivity index (χ1v) is 18.1. The summed E-state index contributed by atoms with van der Waals surface area (Å²) in [7, 11) is -0.779. The molecule has 4 N–H and O–H groups in total. The van der Waals surface area contributed by atoms with E-state index in [1.165, 1.54) is 12.3 Å². The van der Waals surface area contributed by atoms with E-state index in [2.05, 4.69) is 16.4 Å². The molecule has 0 aliphatic carbocycles. The van der Waals surface area contributed by atoms with Crippen LogP contribution in [0.2, 0.25) is 0 Å². The van der Waals surface area contributed by atoms with Gasteiger partial charge in [0.25, 0.3) is 8.53 Å². The zero-order chi connectivity index (χ0) is 36.8. The lowest BCUT2D eigenvalue weighted by atomic mass is 9.77. The predicted octanol–water partition coefficient (Wildman–Crippen LogP) is 6.05. The number of alkyl halides is 1. The highest BCUT2D eigenvalue weighted by Crippen LogP contribution is 2.50. The van der Waals surface area contributed by atoms with E-state index in [1.54, 1.807) is 11.8 Å². The molecule has 1 unspecified atom stereocenters. The van der Waals surface area contributed by atoms with Gasteiger partial charge in [-0.2, -0.15) is 10.2 Å². The molecule has 4 aromatic rings. The summed E-state index contributed by atoms with van der Waals surface area (Å²) < 4.78 is 37.8. The summed E-state index contributed by atoms with van der Waals surface area (Å²) in [5, 5.41) is 13.0. The average Bonchev–Trinajstić information content (AvgIpc) is 3.42. The highest BCUT2D eigenvalue weighted by atomic mass is 31.2. The van der Waals surface area contributed by atoms with Crippen LogP contribution >= 0.6 is 8.53 Å². The van der Waals surface area contributed by atoms with Crippen LogP contribution in [0.3, 0.4) is 0 Å². The van der Waals surface area contributed by atoms with Gasteiger partial charge in [0.1, 0.15) is 23.8 Å². The molecule has 2 heterocycles. The lowest BCUT2D eigenvalue weighted by Crippen LogP contribution is -2.50. The van der Waals surface area contributed by atoms with E-state index in [0.717, 1.165) is 21.3 Å². The molecule has 5 rings (SSSR count). The Morgan fingerprint density at radius 2 is 1.65 bits per heavy atom. The highest BCUT2D eigenvalue weighted by Gasteiger charge is 2.51. The average molecular weight is 717 g/mol. The SMILES string of the molecule is COc1ccc(C(NC[C@H]2O[C@@H](n3ccc(N)nc3=O)[C@H](F)[C@@H]2OP(O)N(C(C)C)C(C)(C)CCC#N)(c2ccccc2)c2ccccc2)cc1. The van der Waals surface area contributed by atoms with Gasteiger partial charge in [0.15, 0.2) is 12.4 Å². The first-order valence-electron chi connectivity index (χ1n) is 16.9. The van der Waals surface area contributed by atoms with Crippen molar-refractivity contribution in [1.29, 1.82) is 5.26 Å². The second-order valence-corrected chi connectivity index (χ2v) is 14.5. The largest absolute Gasteiger partial charge is 0.497 e. The van der Waals surface area contributed by atoms with Crippen LogP contribution in [0.15, 0.2) is 102 Å². The molecular weight excluding hydrogens is 670 g/mol. The number of nitriles is 1. The second kappa shape index (κ2) is 16.4. The van der Waals surface area contributed by atoms with Gasteiger partial charge in [0, 0.05) is 30.7 Å². The Hall–Kier alpha value is -4.21. The van der Waals surface area contributed by atoms with Crippen molar-refractivity contribution in [3.63, 3.8) is 0 Å². The molecule has 0 radical (unpaired) electrons. The van der Waals surface area contributed by atoms with Crippen molar-refractivity contribution < 1.29 is 23.3 Å². The molecule has 1 aromatic heterocycles. The van der Waals surface area contributed by atoms with Crippen LogP contribution in [-0.2, 0) is 14.8 Å². The van der Waals surface area contributed by atoms with Gasteiger partial charge in [-0.1, -0.05) is 72.8 Å². The minimum absolute atomic E-state index is 0.00303. The lowest BCUT2D eigenvalue weighted by Gasteiger charge is -2.43. The molecule has 1 aliphatic rings. The molecular formula is C38H46FN6O5P. The van der Waals surface area contributed by atoms with Crippen molar-refractivity contribution in [2.24, 2.45) is 0 Å². The maximum absolute atomic E-state index is 16.8. The second-order valence-electron chi connectivity index (χ2n) is 13.4. The summed E-state index contributed by atoms with van der Waals surface area (Å²) in [5.41, 5.74) is 6.08. The summed E-state index contributed by atoms with van der Waals surface area (Å²) in [6, 6.07) is 30.9. The van der Waals surface area contributed by atoms with Crippen molar-refractivity contribution in [2.45, 2.75) is 82.3 Å². The van der Waals surface area contributed by atoms with Crippen LogP contribution in [0.1, 0.15) is 63.5 Å². The third-order valence-corrected chi connectivity index (χ3v) is 11.1. The number of hydrogen-bond donors (Lipinski definition) is 3. The summed E-state index contributed by atoms with van der Waals surface area (Å²) >= 11 is 0. The van der Waals surface area contributed by atoms with Gasteiger partial charge in [-0.15, -0.1) is 0 Å². The number of methoxy groups -OCH3 is 1. The molecule has 5 atom stereocenters. The minimum atomic E-state index is -2.39. The summed E-state index contributed by atoms with van der Waals surface area (Å²) in [5.74, 6) is 0.687. The maximum Gasteiger partial charge on any atom is 0.351 e. The number of nitrogen functional groups attached to an aromatic ring is 1. The predicted molar refractivity (Wildman–Crippen MR) is 195 cm³/mol. The number of hydrogen-bond acceptors (Lipinski definition) is 10. The maximum atomic E-state index is 16.8. The molecule has 3 aromatic carbocycles. The monoisotopic (exact) mass is 716 g/mol. The number of nitrogens with one attached hydrogen (secondary N) is 1. The Balaban J connectivity index is 1.58. The molecule has 270 valence electrons. The number of benzene rings is 3. The lowest BCUT2D eigenvalue weighted by molar-refractivity contribution is -0.0267. The molecule has 51 heavy (non-hydrogen) atoms. The third-order valence-electron chi connectivity index (χ3n) is 9.26. The van der Waals surface area contributed by atoms with Crippen LogP contribution in [0, 0.1) is 11.3 Å². The molecule has 1 fully saturated rings. The van der Waals surface area contributed by atoms with Crippen molar-refractivity contribution in [2.75, 3.05) is 19.4 Å². The Bertz CT molecular complexity index is 1780. The summed E-state index contributed by atoms with van der Waals surface area (Å²) in [4.78, 5) is 28.4. The van der Waals surface area contributed by atoms with E-state index in [1.807, 2.05) is 113 Å². The van der Waals surface area contributed by atoms with Crippen LogP contribution in [0.25, 0.3) is 0 Å². The van der Waals surface area contributed by atoms with E-state index >= 15 is 4.39 Å². The molecule has 1 saturated heterocycles. The number of halogens is 1. The molecule has 13 heteroatoms. The normalized spacial score (nSPS) is 20.0.